The molecule has 2 fully saturated rings. The molecule has 0 aliphatic heterocycles. The third-order valence-electron chi connectivity index (χ3n) is 8.11. The maximum absolute atomic E-state index is 10.0. The van der Waals surface area contributed by atoms with Gasteiger partial charge in [0.2, 0.25) is 0 Å². The zero-order chi connectivity index (χ0) is 15.5. The van der Waals surface area contributed by atoms with Crippen LogP contribution in [-0.4, -0.2) is 22.9 Å². The molecule has 2 heteroatoms. The second-order valence-corrected chi connectivity index (χ2v) is 9.00. The summed E-state index contributed by atoms with van der Waals surface area (Å²) in [5.41, 5.74) is 3.76. The van der Waals surface area contributed by atoms with Gasteiger partial charge in [0, 0.05) is 6.61 Å². The minimum atomic E-state index is -0.0818. The van der Waals surface area contributed by atoms with E-state index >= 15 is 0 Å². The monoisotopic (exact) mass is 304 g/mol. The first kappa shape index (κ1) is 15.2. The molecule has 0 spiro atoms. The molecule has 0 saturated heterocycles. The van der Waals surface area contributed by atoms with Crippen molar-refractivity contribution in [2.24, 2.45) is 35.0 Å². The van der Waals surface area contributed by atoms with Gasteiger partial charge in [0.1, 0.15) is 0 Å². The first-order valence-corrected chi connectivity index (χ1v) is 9.54. The highest BCUT2D eigenvalue weighted by atomic mass is 16.3. The summed E-state index contributed by atoms with van der Waals surface area (Å²) < 4.78 is 0. The summed E-state index contributed by atoms with van der Waals surface area (Å²) in [5, 5.41) is 19.8. The predicted molar refractivity (Wildman–Crippen MR) is 88.3 cm³/mol. The average Bonchev–Trinajstić information content (AvgIpc) is 2.83. The van der Waals surface area contributed by atoms with Crippen molar-refractivity contribution in [3.63, 3.8) is 0 Å². The van der Waals surface area contributed by atoms with Crippen LogP contribution in [0.1, 0.15) is 65.2 Å². The molecule has 7 atom stereocenters. The van der Waals surface area contributed by atoms with Gasteiger partial charge in [0.25, 0.3) is 0 Å². The molecule has 4 aliphatic carbocycles. The van der Waals surface area contributed by atoms with Crippen LogP contribution in [0.15, 0.2) is 11.1 Å². The van der Waals surface area contributed by atoms with E-state index in [2.05, 4.69) is 13.8 Å². The molecular formula is C20H32O2. The number of allylic oxidation sites excluding steroid dienone is 1. The SMILES string of the molecule is C[C@@H]1CC2=C(CC[C@@H](O)C2)[C@H]2CC[C@]3(C)[C@H](CO)CC[C@@H]3[C@H]12. The molecule has 2 saturated carbocycles. The topological polar surface area (TPSA) is 40.5 Å². The molecule has 0 aromatic heterocycles. The molecule has 0 aromatic rings. The van der Waals surface area contributed by atoms with Crippen LogP contribution in [0.5, 0.6) is 0 Å². The summed E-state index contributed by atoms with van der Waals surface area (Å²) in [6.45, 7) is 5.32. The van der Waals surface area contributed by atoms with Gasteiger partial charge in [-0.25, -0.2) is 0 Å². The molecule has 0 heterocycles. The van der Waals surface area contributed by atoms with Crippen LogP contribution >= 0.6 is 0 Å². The standard InChI is InChI=1S/C20H32O2/c1-12-9-13-10-15(22)4-5-16(13)17-7-8-20(2)14(11-21)3-6-18(20)19(12)17/h12,14-15,17-19,21-22H,3-11H2,1-2H3/t12-,14+,15-,17-,18-,19-,20-/m1/s1. The molecule has 2 nitrogen and oxygen atoms in total. The van der Waals surface area contributed by atoms with Crippen LogP contribution in [0.2, 0.25) is 0 Å². The van der Waals surface area contributed by atoms with E-state index in [0.29, 0.717) is 17.9 Å². The maximum atomic E-state index is 10.0. The summed E-state index contributed by atoms with van der Waals surface area (Å²) >= 11 is 0. The normalized spacial score (nSPS) is 51.3. The van der Waals surface area contributed by atoms with Crippen LogP contribution in [0.4, 0.5) is 0 Å². The fraction of sp³-hybridized carbons (Fsp3) is 0.900. The lowest BCUT2D eigenvalue weighted by Crippen LogP contribution is -2.47. The molecule has 0 aromatic carbocycles. The Labute approximate surface area is 135 Å². The first-order valence-electron chi connectivity index (χ1n) is 9.54. The summed E-state index contributed by atoms with van der Waals surface area (Å²) in [6, 6.07) is 0. The Morgan fingerprint density at radius 1 is 1.14 bits per heavy atom. The van der Waals surface area contributed by atoms with Gasteiger partial charge in [-0.3, -0.25) is 0 Å². The Hall–Kier alpha value is -0.340. The van der Waals surface area contributed by atoms with Gasteiger partial charge >= 0.3 is 0 Å². The van der Waals surface area contributed by atoms with E-state index < -0.39 is 0 Å². The van der Waals surface area contributed by atoms with Gasteiger partial charge in [0.15, 0.2) is 0 Å². The van der Waals surface area contributed by atoms with Crippen molar-refractivity contribution in [3.8, 4) is 0 Å². The van der Waals surface area contributed by atoms with E-state index in [-0.39, 0.29) is 6.10 Å². The Kier molecular flexibility index (Phi) is 3.69. The Bertz CT molecular complexity index is 482. The van der Waals surface area contributed by atoms with E-state index in [9.17, 15) is 10.2 Å². The van der Waals surface area contributed by atoms with Gasteiger partial charge in [-0.05, 0) is 86.4 Å². The minimum Gasteiger partial charge on any atom is -0.396 e. The summed E-state index contributed by atoms with van der Waals surface area (Å²) in [6.07, 6.45) is 9.42. The van der Waals surface area contributed by atoms with Crippen molar-refractivity contribution < 1.29 is 10.2 Å². The van der Waals surface area contributed by atoms with Gasteiger partial charge in [0.05, 0.1) is 6.10 Å². The van der Waals surface area contributed by atoms with Crippen LogP contribution < -0.4 is 0 Å². The minimum absolute atomic E-state index is 0.0818. The fourth-order valence-corrected chi connectivity index (χ4v) is 7.01. The number of hydrogen-bond donors (Lipinski definition) is 2. The molecule has 0 amide bonds. The Balaban J connectivity index is 1.67. The lowest BCUT2D eigenvalue weighted by atomic mass is 9.51. The fourth-order valence-electron chi connectivity index (χ4n) is 7.01. The van der Waals surface area contributed by atoms with E-state index in [1.54, 1.807) is 11.1 Å². The van der Waals surface area contributed by atoms with Crippen molar-refractivity contribution in [3.05, 3.63) is 11.1 Å². The number of hydrogen-bond acceptors (Lipinski definition) is 2. The van der Waals surface area contributed by atoms with Crippen molar-refractivity contribution in [2.45, 2.75) is 71.3 Å². The Morgan fingerprint density at radius 2 is 1.95 bits per heavy atom. The van der Waals surface area contributed by atoms with Gasteiger partial charge in [-0.15, -0.1) is 0 Å². The number of fused-ring (bicyclic) bond motifs is 4. The van der Waals surface area contributed by atoms with Gasteiger partial charge < -0.3 is 10.2 Å². The van der Waals surface area contributed by atoms with E-state index in [1.165, 1.54) is 32.1 Å². The maximum Gasteiger partial charge on any atom is 0.0580 e. The highest BCUT2D eigenvalue weighted by molar-refractivity contribution is 5.28. The Morgan fingerprint density at radius 3 is 2.73 bits per heavy atom. The zero-order valence-corrected chi connectivity index (χ0v) is 14.2. The molecular weight excluding hydrogens is 272 g/mol. The molecule has 0 bridgehead atoms. The lowest BCUT2D eigenvalue weighted by molar-refractivity contribution is -0.0241. The highest BCUT2D eigenvalue weighted by Gasteiger charge is 2.56. The van der Waals surface area contributed by atoms with Crippen LogP contribution in [-0.2, 0) is 0 Å². The summed E-state index contributed by atoms with van der Waals surface area (Å²) in [4.78, 5) is 0. The molecule has 22 heavy (non-hydrogen) atoms. The van der Waals surface area contributed by atoms with E-state index in [0.717, 1.165) is 42.9 Å². The van der Waals surface area contributed by atoms with Crippen molar-refractivity contribution in [2.75, 3.05) is 6.61 Å². The van der Waals surface area contributed by atoms with Crippen LogP contribution in [0, 0.1) is 35.0 Å². The molecule has 2 N–H and O–H groups in total. The second kappa shape index (κ2) is 5.34. The summed E-state index contributed by atoms with van der Waals surface area (Å²) in [5.74, 6) is 3.75. The number of rotatable bonds is 1. The lowest BCUT2D eigenvalue weighted by Gasteiger charge is -2.54. The zero-order valence-electron chi connectivity index (χ0n) is 14.2. The molecule has 4 aliphatic rings. The quantitative estimate of drug-likeness (QED) is 0.721. The summed E-state index contributed by atoms with van der Waals surface area (Å²) in [7, 11) is 0. The number of aliphatic hydroxyl groups is 2. The third-order valence-corrected chi connectivity index (χ3v) is 8.11. The molecule has 124 valence electrons. The first-order chi connectivity index (χ1) is 10.5. The van der Waals surface area contributed by atoms with E-state index in [4.69, 9.17) is 0 Å². The average molecular weight is 304 g/mol. The van der Waals surface area contributed by atoms with Crippen molar-refractivity contribution in [1.29, 1.82) is 0 Å². The molecule has 0 radical (unpaired) electrons. The molecule has 0 unspecified atom stereocenters. The van der Waals surface area contributed by atoms with Crippen LogP contribution in [0.25, 0.3) is 0 Å². The van der Waals surface area contributed by atoms with Gasteiger partial charge in [-0.2, -0.15) is 0 Å². The smallest absolute Gasteiger partial charge is 0.0580 e. The number of aliphatic hydroxyl groups excluding tert-OH is 2. The molecule has 4 rings (SSSR count). The second-order valence-electron chi connectivity index (χ2n) is 9.00. The van der Waals surface area contributed by atoms with E-state index in [1.807, 2.05) is 0 Å². The highest BCUT2D eigenvalue weighted by Crippen LogP contribution is 2.64. The largest absolute Gasteiger partial charge is 0.396 e. The van der Waals surface area contributed by atoms with Gasteiger partial charge in [-0.1, -0.05) is 25.0 Å². The van der Waals surface area contributed by atoms with Crippen LogP contribution in [0.3, 0.4) is 0 Å². The third kappa shape index (κ3) is 2.06. The van der Waals surface area contributed by atoms with Crippen molar-refractivity contribution in [1.82, 2.24) is 0 Å². The predicted octanol–water partition coefficient (Wildman–Crippen LogP) is 3.92. The van der Waals surface area contributed by atoms with Crippen molar-refractivity contribution >= 4 is 0 Å².